The number of anilines is 2. The Balaban J connectivity index is 1.77. The zero-order valence-electron chi connectivity index (χ0n) is 23.4. The maximum Gasteiger partial charge on any atom is 0.247 e. The van der Waals surface area contributed by atoms with Crippen LogP contribution in [0.2, 0.25) is 5.02 Å². The van der Waals surface area contributed by atoms with Gasteiger partial charge >= 0.3 is 0 Å². The Morgan fingerprint density at radius 3 is 2.60 bits per heavy atom. The van der Waals surface area contributed by atoms with Gasteiger partial charge in [0.1, 0.15) is 16.6 Å². The van der Waals surface area contributed by atoms with Crippen LogP contribution in [0.1, 0.15) is 28.7 Å². The Morgan fingerprint density at radius 2 is 1.93 bits per heavy atom. The molecule has 10 heteroatoms. The van der Waals surface area contributed by atoms with Gasteiger partial charge in [-0.2, -0.15) is 0 Å². The number of methoxy groups -OCH3 is 1. The molecule has 208 valence electrons. The summed E-state index contributed by atoms with van der Waals surface area (Å²) in [5, 5.41) is 4.09. The first kappa shape index (κ1) is 28.8. The highest BCUT2D eigenvalue weighted by Crippen LogP contribution is 2.35. The fourth-order valence-electron chi connectivity index (χ4n) is 4.47. The zero-order valence-corrected chi connectivity index (χ0v) is 24.1. The highest BCUT2D eigenvalue weighted by Gasteiger charge is 2.19. The lowest BCUT2D eigenvalue weighted by Crippen LogP contribution is -2.29. The maximum atomic E-state index is 12.3. The fraction of sp³-hybridized carbons (Fsp3) is 0.267. The van der Waals surface area contributed by atoms with Crippen molar-refractivity contribution in [2.24, 2.45) is 0 Å². The van der Waals surface area contributed by atoms with E-state index in [-0.39, 0.29) is 11.7 Å². The van der Waals surface area contributed by atoms with Crippen molar-refractivity contribution in [2.75, 3.05) is 51.6 Å². The van der Waals surface area contributed by atoms with Crippen molar-refractivity contribution in [1.29, 1.82) is 0 Å². The maximum absolute atomic E-state index is 12.3. The molecule has 40 heavy (non-hydrogen) atoms. The number of likely N-dealkylation sites (N-methyl/N-ethyl adjacent to an activating group) is 2. The van der Waals surface area contributed by atoms with Crippen molar-refractivity contribution < 1.29 is 14.3 Å². The van der Waals surface area contributed by atoms with Gasteiger partial charge in [0.05, 0.1) is 30.2 Å². The molecule has 0 aliphatic rings. The van der Waals surface area contributed by atoms with Gasteiger partial charge < -0.3 is 19.9 Å². The van der Waals surface area contributed by atoms with Crippen molar-refractivity contribution in [3.63, 3.8) is 0 Å². The summed E-state index contributed by atoms with van der Waals surface area (Å²) in [4.78, 5) is 38.0. The van der Waals surface area contributed by atoms with E-state index in [9.17, 15) is 9.59 Å². The molecule has 1 amide bonds. The predicted octanol–water partition coefficient (Wildman–Crippen LogP) is 5.00. The summed E-state index contributed by atoms with van der Waals surface area (Å²) in [6, 6.07) is 11.4. The molecule has 0 aliphatic carbocycles. The van der Waals surface area contributed by atoms with Gasteiger partial charge in [0.2, 0.25) is 5.91 Å². The van der Waals surface area contributed by atoms with Crippen LogP contribution in [0, 0.1) is 0 Å². The Morgan fingerprint density at radius 1 is 1.18 bits per heavy atom. The van der Waals surface area contributed by atoms with Gasteiger partial charge in [0, 0.05) is 55.3 Å². The number of rotatable bonds is 11. The molecule has 4 rings (SSSR count). The van der Waals surface area contributed by atoms with E-state index >= 15 is 0 Å². The summed E-state index contributed by atoms with van der Waals surface area (Å²) in [5.74, 6) is 1.23. The topological polar surface area (TPSA) is 92.6 Å². The molecule has 2 aromatic heterocycles. The molecule has 0 atom stereocenters. The van der Waals surface area contributed by atoms with Crippen molar-refractivity contribution in [1.82, 2.24) is 19.4 Å². The number of para-hydroxylation sites is 1. The van der Waals surface area contributed by atoms with Crippen LogP contribution < -0.4 is 15.0 Å². The Labute approximate surface area is 239 Å². The number of benzene rings is 2. The number of ketones is 1. The number of aromatic nitrogens is 3. The van der Waals surface area contributed by atoms with Crippen LogP contribution in [-0.2, 0) is 11.2 Å². The highest BCUT2D eigenvalue weighted by molar-refractivity contribution is 6.32. The van der Waals surface area contributed by atoms with E-state index < -0.39 is 0 Å². The van der Waals surface area contributed by atoms with E-state index in [4.69, 9.17) is 21.3 Å². The lowest BCUT2D eigenvalue weighted by Gasteiger charge is -2.25. The molecule has 0 unspecified atom stereocenters. The van der Waals surface area contributed by atoms with E-state index in [2.05, 4.69) is 26.7 Å². The number of fused-ring (bicyclic) bond motifs is 1. The SMILES string of the molecule is C=CC(=O)Nc1cc(Cc2ncc(Cl)c(-n3cc(C(C)=O)c4ccccc43)n2)c(OC)cc1N(C)CCN(C)C. The minimum absolute atomic E-state index is 0.0465. The first-order valence-corrected chi connectivity index (χ1v) is 13.1. The summed E-state index contributed by atoms with van der Waals surface area (Å²) >= 11 is 6.57. The Kier molecular flexibility index (Phi) is 8.86. The van der Waals surface area contributed by atoms with E-state index in [1.54, 1.807) is 19.5 Å². The van der Waals surface area contributed by atoms with E-state index in [1.165, 1.54) is 13.0 Å². The summed E-state index contributed by atoms with van der Waals surface area (Å²) in [7, 11) is 7.59. The van der Waals surface area contributed by atoms with Gasteiger partial charge in [-0.15, -0.1) is 0 Å². The quantitative estimate of drug-likeness (QED) is 0.204. The largest absolute Gasteiger partial charge is 0.496 e. The molecule has 0 saturated carbocycles. The zero-order chi connectivity index (χ0) is 29.0. The van der Waals surface area contributed by atoms with E-state index in [0.717, 1.165) is 35.2 Å². The summed E-state index contributed by atoms with van der Waals surface area (Å²) in [6.07, 6.45) is 4.86. The first-order chi connectivity index (χ1) is 19.1. The normalized spacial score (nSPS) is 11.1. The minimum Gasteiger partial charge on any atom is -0.496 e. The molecule has 1 N–H and O–H groups in total. The van der Waals surface area contributed by atoms with Crippen molar-refractivity contribution in [3.05, 3.63) is 83.4 Å². The molecule has 0 bridgehead atoms. The second kappa shape index (κ2) is 12.3. The van der Waals surface area contributed by atoms with Crippen LogP contribution in [-0.4, -0.2) is 72.5 Å². The van der Waals surface area contributed by atoms with E-state index in [0.29, 0.717) is 40.1 Å². The molecule has 4 aromatic rings. The molecule has 0 saturated heterocycles. The number of hydrogen-bond acceptors (Lipinski definition) is 7. The Bertz CT molecular complexity index is 1580. The number of halogens is 1. The molecular formula is C30H33ClN6O3. The average molecular weight is 561 g/mol. The first-order valence-electron chi connectivity index (χ1n) is 12.8. The average Bonchev–Trinajstić information content (AvgIpc) is 3.32. The van der Waals surface area contributed by atoms with Crippen molar-refractivity contribution in [3.8, 4) is 11.6 Å². The number of Topliss-reactive ketones (excluding diaryl/α,β-unsaturated/α-hetero) is 1. The van der Waals surface area contributed by atoms with E-state index in [1.807, 2.05) is 62.1 Å². The number of carbonyl (C=O) groups is 2. The number of nitrogens with one attached hydrogen (secondary N) is 1. The summed E-state index contributed by atoms with van der Waals surface area (Å²) in [5.41, 5.74) is 3.62. The molecule has 0 fully saturated rings. The van der Waals surface area contributed by atoms with Crippen molar-refractivity contribution in [2.45, 2.75) is 13.3 Å². The molecule has 0 spiro atoms. The monoisotopic (exact) mass is 560 g/mol. The van der Waals surface area contributed by atoms with Crippen LogP contribution in [0.3, 0.4) is 0 Å². The molecule has 2 aromatic carbocycles. The molecule has 2 heterocycles. The minimum atomic E-state index is -0.316. The van der Waals surface area contributed by atoms with Gasteiger partial charge in [-0.25, -0.2) is 9.97 Å². The van der Waals surface area contributed by atoms with Gasteiger partial charge in [0.15, 0.2) is 11.6 Å². The number of amides is 1. The lowest BCUT2D eigenvalue weighted by molar-refractivity contribution is -0.111. The third-order valence-electron chi connectivity index (χ3n) is 6.58. The smallest absolute Gasteiger partial charge is 0.247 e. The van der Waals surface area contributed by atoms with Gasteiger partial charge in [-0.05, 0) is 39.2 Å². The summed E-state index contributed by atoms with van der Waals surface area (Å²) < 4.78 is 7.57. The predicted molar refractivity (Wildman–Crippen MR) is 160 cm³/mol. The van der Waals surface area contributed by atoms with Gasteiger partial charge in [-0.1, -0.05) is 36.4 Å². The lowest BCUT2D eigenvalue weighted by atomic mass is 10.1. The molecule has 9 nitrogen and oxygen atoms in total. The third kappa shape index (κ3) is 6.16. The number of hydrogen-bond donors (Lipinski definition) is 1. The van der Waals surface area contributed by atoms with Crippen LogP contribution in [0.25, 0.3) is 16.7 Å². The molecule has 0 radical (unpaired) electrons. The van der Waals surface area contributed by atoms with Gasteiger partial charge in [0.25, 0.3) is 0 Å². The van der Waals surface area contributed by atoms with Crippen molar-refractivity contribution >= 4 is 45.6 Å². The third-order valence-corrected chi connectivity index (χ3v) is 6.85. The second-order valence-electron chi connectivity index (χ2n) is 9.72. The van der Waals surface area contributed by atoms with Crippen LogP contribution in [0.4, 0.5) is 11.4 Å². The Hall–Kier alpha value is -4.21. The standard InChI is InChI=1S/C30H33ClN6O3/c1-7-29(39)33-24-14-20(27(40-6)16-26(24)36(5)13-12-35(3)4)15-28-32-17-23(31)30(34-28)37-18-22(19(2)38)21-10-8-9-11-25(21)37/h7-11,14,16-18H,1,12-13,15H2,2-6H3,(H,33,39). The van der Waals surface area contributed by atoms with Gasteiger partial charge in [-0.3, -0.25) is 14.2 Å². The number of ether oxygens (including phenoxy) is 1. The van der Waals surface area contributed by atoms with Crippen LogP contribution >= 0.6 is 11.6 Å². The fourth-order valence-corrected chi connectivity index (χ4v) is 4.65. The summed E-state index contributed by atoms with van der Waals surface area (Å²) in [6.45, 7) is 6.69. The van der Waals surface area contributed by atoms with Crippen LogP contribution in [0.5, 0.6) is 5.75 Å². The highest BCUT2D eigenvalue weighted by atomic mass is 35.5. The number of nitrogens with zero attached hydrogens (tertiary/aromatic N) is 5. The molecular weight excluding hydrogens is 528 g/mol. The number of carbonyl (C=O) groups excluding carboxylic acids is 2. The second-order valence-corrected chi connectivity index (χ2v) is 10.1. The van der Waals surface area contributed by atoms with Crippen LogP contribution in [0.15, 0.2) is 61.4 Å². The molecule has 0 aliphatic heterocycles.